The van der Waals surface area contributed by atoms with Crippen molar-refractivity contribution in [2.24, 2.45) is 5.92 Å². The Balaban J connectivity index is 1.51. The van der Waals surface area contributed by atoms with Gasteiger partial charge >= 0.3 is 0 Å². The summed E-state index contributed by atoms with van der Waals surface area (Å²) in [5.74, 6) is 0.519. The second-order valence-electron chi connectivity index (χ2n) is 7.95. The minimum Gasteiger partial charge on any atom is -0.390 e. The van der Waals surface area contributed by atoms with E-state index in [2.05, 4.69) is 64.5 Å². The smallest absolute Gasteiger partial charge is 0.0926 e. The van der Waals surface area contributed by atoms with Crippen molar-refractivity contribution in [3.63, 3.8) is 0 Å². The Morgan fingerprint density at radius 1 is 1.30 bits per heavy atom. The molecule has 146 valence electrons. The fraction of sp³-hybridized carbons (Fsp3) is 0.571. The van der Waals surface area contributed by atoms with E-state index in [1.807, 2.05) is 0 Å². The van der Waals surface area contributed by atoms with Gasteiger partial charge in [0.15, 0.2) is 0 Å². The van der Waals surface area contributed by atoms with Gasteiger partial charge in [0.25, 0.3) is 0 Å². The van der Waals surface area contributed by atoms with E-state index in [0.29, 0.717) is 12.0 Å². The maximum absolute atomic E-state index is 9.71. The molecule has 2 atom stereocenters. The first-order chi connectivity index (χ1) is 13.1. The van der Waals surface area contributed by atoms with Crippen molar-refractivity contribution >= 4 is 0 Å². The number of rotatable bonds is 5. The van der Waals surface area contributed by atoms with Crippen molar-refractivity contribution in [1.29, 1.82) is 0 Å². The second kappa shape index (κ2) is 7.72. The summed E-state index contributed by atoms with van der Waals surface area (Å²) >= 11 is 0. The van der Waals surface area contributed by atoms with E-state index in [0.717, 1.165) is 44.8 Å². The lowest BCUT2D eigenvalue weighted by Gasteiger charge is -2.31. The van der Waals surface area contributed by atoms with Crippen LogP contribution in [0, 0.1) is 19.8 Å². The number of hydrogen-bond acceptors (Lipinski definition) is 5. The van der Waals surface area contributed by atoms with Crippen LogP contribution in [0.2, 0.25) is 0 Å². The van der Waals surface area contributed by atoms with Gasteiger partial charge in [-0.25, -0.2) is 5.43 Å². The number of nitrogens with one attached hydrogen (secondary N) is 2. The molecule has 3 heterocycles. The van der Waals surface area contributed by atoms with E-state index in [1.165, 1.54) is 27.9 Å². The molecule has 0 radical (unpaired) electrons. The van der Waals surface area contributed by atoms with Gasteiger partial charge in [0.2, 0.25) is 0 Å². The summed E-state index contributed by atoms with van der Waals surface area (Å²) < 4.78 is 2.07. The Hall–Kier alpha value is -1.73. The number of benzene rings is 1. The van der Waals surface area contributed by atoms with Gasteiger partial charge in [0.05, 0.1) is 18.3 Å². The minimum absolute atomic E-state index is 0.0286. The third-order valence-electron chi connectivity index (χ3n) is 6.10. The van der Waals surface area contributed by atoms with Crippen LogP contribution in [0.4, 0.5) is 0 Å². The van der Waals surface area contributed by atoms with Crippen LogP contribution >= 0.6 is 0 Å². The van der Waals surface area contributed by atoms with Gasteiger partial charge in [-0.1, -0.05) is 23.8 Å². The Kier molecular flexibility index (Phi) is 5.32. The molecule has 2 aliphatic heterocycles. The maximum atomic E-state index is 9.71. The van der Waals surface area contributed by atoms with E-state index in [9.17, 15) is 5.11 Å². The molecule has 6 nitrogen and oxygen atoms in total. The maximum Gasteiger partial charge on any atom is 0.0926 e. The summed E-state index contributed by atoms with van der Waals surface area (Å²) in [4.78, 5) is 2.53. The molecule has 0 saturated carbocycles. The number of aryl methyl sites for hydroxylation is 3. The van der Waals surface area contributed by atoms with Crippen LogP contribution in [0.5, 0.6) is 0 Å². The van der Waals surface area contributed by atoms with Gasteiger partial charge in [-0.3, -0.25) is 15.0 Å². The molecule has 0 spiro atoms. The molecule has 1 saturated heterocycles. The van der Waals surface area contributed by atoms with Crippen molar-refractivity contribution in [1.82, 2.24) is 25.5 Å². The van der Waals surface area contributed by atoms with E-state index in [1.54, 1.807) is 0 Å². The average molecular weight is 370 g/mol. The molecular weight excluding hydrogens is 338 g/mol. The highest BCUT2D eigenvalue weighted by molar-refractivity contribution is 5.34. The molecule has 2 aliphatic rings. The highest BCUT2D eigenvalue weighted by Crippen LogP contribution is 2.31. The predicted molar refractivity (Wildman–Crippen MR) is 106 cm³/mol. The monoisotopic (exact) mass is 369 g/mol. The average Bonchev–Trinajstić information content (AvgIpc) is 3.27. The Morgan fingerprint density at radius 3 is 2.93 bits per heavy atom. The molecular formula is C21H31N5O. The first kappa shape index (κ1) is 18.6. The molecule has 1 aromatic heterocycles. The van der Waals surface area contributed by atoms with Crippen LogP contribution in [-0.4, -0.2) is 39.4 Å². The third-order valence-corrected chi connectivity index (χ3v) is 6.10. The van der Waals surface area contributed by atoms with Crippen molar-refractivity contribution in [3.05, 3.63) is 51.8 Å². The Bertz CT molecular complexity index is 815. The zero-order valence-corrected chi connectivity index (χ0v) is 16.6. The Morgan fingerprint density at radius 2 is 2.15 bits per heavy atom. The van der Waals surface area contributed by atoms with Gasteiger partial charge < -0.3 is 5.11 Å². The quantitative estimate of drug-likeness (QED) is 0.751. The zero-order chi connectivity index (χ0) is 19.0. The van der Waals surface area contributed by atoms with Crippen LogP contribution in [-0.2, 0) is 26.1 Å². The van der Waals surface area contributed by atoms with E-state index >= 15 is 0 Å². The molecule has 1 aromatic carbocycles. The van der Waals surface area contributed by atoms with Crippen molar-refractivity contribution in [2.45, 2.75) is 52.9 Å². The van der Waals surface area contributed by atoms with Crippen molar-refractivity contribution < 1.29 is 5.11 Å². The first-order valence-electron chi connectivity index (χ1n) is 10.1. The van der Waals surface area contributed by atoms with Crippen LogP contribution in [0.25, 0.3) is 0 Å². The lowest BCUT2D eigenvalue weighted by molar-refractivity contribution is 0.204. The second-order valence-corrected chi connectivity index (χ2v) is 7.95. The lowest BCUT2D eigenvalue weighted by Crippen LogP contribution is -2.37. The highest BCUT2D eigenvalue weighted by Gasteiger charge is 2.32. The zero-order valence-electron chi connectivity index (χ0n) is 16.6. The summed E-state index contributed by atoms with van der Waals surface area (Å²) in [5.41, 5.74) is 14.3. The number of aliphatic hydroxyl groups is 1. The molecule has 1 fully saturated rings. The minimum atomic E-state index is 0.0286. The molecule has 2 aromatic rings. The topological polar surface area (TPSA) is 65.3 Å². The molecule has 0 bridgehead atoms. The molecule has 0 aliphatic carbocycles. The standard InChI is InChI=1S/C21H31N5O/c1-4-26-20-7-8-25(12-18(20)19(13-27)24-26)11-16-10-22-23-21(16)17-9-14(2)5-6-15(17)3/h5-6,9,16,21-23,27H,4,7-8,10-13H2,1-3H3. The van der Waals surface area contributed by atoms with E-state index in [-0.39, 0.29) is 6.61 Å². The van der Waals surface area contributed by atoms with Gasteiger partial charge in [0.1, 0.15) is 0 Å². The summed E-state index contributed by atoms with van der Waals surface area (Å²) in [6, 6.07) is 7.06. The SMILES string of the molecule is CCn1nc(CO)c2c1CCN(CC1CNNC1c1cc(C)ccc1C)C2. The number of aromatic nitrogens is 2. The van der Waals surface area contributed by atoms with Crippen LogP contribution < -0.4 is 10.9 Å². The largest absolute Gasteiger partial charge is 0.390 e. The number of fused-ring (bicyclic) bond motifs is 1. The molecule has 27 heavy (non-hydrogen) atoms. The van der Waals surface area contributed by atoms with Crippen LogP contribution in [0.3, 0.4) is 0 Å². The number of hydrazine groups is 1. The van der Waals surface area contributed by atoms with Crippen molar-refractivity contribution in [2.75, 3.05) is 19.6 Å². The molecule has 3 N–H and O–H groups in total. The van der Waals surface area contributed by atoms with Crippen LogP contribution in [0.15, 0.2) is 18.2 Å². The van der Waals surface area contributed by atoms with Gasteiger partial charge in [-0.2, -0.15) is 5.10 Å². The molecule has 2 unspecified atom stereocenters. The molecule has 6 heteroatoms. The molecule has 0 amide bonds. The van der Waals surface area contributed by atoms with Gasteiger partial charge in [-0.05, 0) is 31.9 Å². The number of hydrogen-bond donors (Lipinski definition) is 3. The summed E-state index contributed by atoms with van der Waals surface area (Å²) in [7, 11) is 0. The fourth-order valence-electron chi connectivity index (χ4n) is 4.63. The van der Waals surface area contributed by atoms with Crippen molar-refractivity contribution in [3.8, 4) is 0 Å². The lowest BCUT2D eigenvalue weighted by atomic mass is 9.90. The van der Waals surface area contributed by atoms with E-state index in [4.69, 9.17) is 0 Å². The fourth-order valence-corrected chi connectivity index (χ4v) is 4.63. The number of aliphatic hydroxyl groups excluding tert-OH is 1. The van der Waals surface area contributed by atoms with Gasteiger partial charge in [0, 0.05) is 56.3 Å². The first-order valence-corrected chi connectivity index (χ1v) is 10.1. The molecule has 4 rings (SSSR count). The normalized spacial score (nSPS) is 23.0. The van der Waals surface area contributed by atoms with Gasteiger partial charge in [-0.15, -0.1) is 0 Å². The third kappa shape index (κ3) is 3.55. The summed E-state index contributed by atoms with van der Waals surface area (Å²) in [6.45, 7) is 11.3. The van der Waals surface area contributed by atoms with Crippen LogP contribution in [0.1, 0.15) is 46.6 Å². The highest BCUT2D eigenvalue weighted by atomic mass is 16.3. The number of nitrogens with zero attached hydrogens (tertiary/aromatic N) is 3. The summed E-state index contributed by atoms with van der Waals surface area (Å²) in [6.07, 6.45) is 1.01. The predicted octanol–water partition coefficient (Wildman–Crippen LogP) is 1.84. The van der Waals surface area contributed by atoms with E-state index < -0.39 is 0 Å². The Labute approximate surface area is 161 Å². The summed E-state index contributed by atoms with van der Waals surface area (Å²) in [5, 5.41) is 14.3.